The summed E-state index contributed by atoms with van der Waals surface area (Å²) >= 11 is 0. The first kappa shape index (κ1) is 11.6. The molecule has 0 saturated heterocycles. The van der Waals surface area contributed by atoms with Crippen LogP contribution in [0.5, 0.6) is 5.75 Å². The molecule has 2 N–H and O–H groups in total. The summed E-state index contributed by atoms with van der Waals surface area (Å²) < 4.78 is 5.33. The number of benzene rings is 1. The van der Waals surface area contributed by atoms with Gasteiger partial charge in [-0.15, -0.1) is 10.2 Å². The Hall–Kier alpha value is -1.88. The molecule has 1 aromatic carbocycles. The maximum atomic E-state index is 9.31. The van der Waals surface area contributed by atoms with Crippen molar-refractivity contribution >= 4 is 0 Å². The highest BCUT2D eigenvalue weighted by Crippen LogP contribution is 2.13. The lowest BCUT2D eigenvalue weighted by Crippen LogP contribution is -1.91. The Bertz CT molecular complexity index is 482. The Morgan fingerprint density at radius 3 is 2.53 bits per heavy atom. The number of phenolic OH excluding ortho intramolecular Hbond substituents is 1. The molecule has 0 aliphatic carbocycles. The molecule has 90 valence electrons. The monoisotopic (exact) mass is 234 g/mol. The Balaban J connectivity index is 1.93. The SMILES string of the molecule is OCCc1nnc(CCc2cccc(O)c2)o1. The largest absolute Gasteiger partial charge is 0.508 e. The van der Waals surface area contributed by atoms with Gasteiger partial charge in [-0.1, -0.05) is 12.1 Å². The van der Waals surface area contributed by atoms with Crippen molar-refractivity contribution in [1.82, 2.24) is 10.2 Å². The Labute approximate surface area is 98.7 Å². The smallest absolute Gasteiger partial charge is 0.218 e. The average molecular weight is 234 g/mol. The molecular weight excluding hydrogens is 220 g/mol. The summed E-state index contributed by atoms with van der Waals surface area (Å²) in [7, 11) is 0. The molecule has 1 heterocycles. The van der Waals surface area contributed by atoms with Gasteiger partial charge in [-0.2, -0.15) is 0 Å². The third kappa shape index (κ3) is 3.29. The van der Waals surface area contributed by atoms with E-state index in [1.54, 1.807) is 18.2 Å². The zero-order chi connectivity index (χ0) is 12.1. The van der Waals surface area contributed by atoms with Gasteiger partial charge in [0.15, 0.2) is 0 Å². The van der Waals surface area contributed by atoms with Crippen molar-refractivity contribution in [2.75, 3.05) is 6.61 Å². The van der Waals surface area contributed by atoms with Gasteiger partial charge in [0.05, 0.1) is 6.61 Å². The third-order valence-corrected chi connectivity index (χ3v) is 2.37. The number of nitrogens with zero attached hydrogens (tertiary/aromatic N) is 2. The normalized spacial score (nSPS) is 10.6. The molecule has 0 atom stereocenters. The summed E-state index contributed by atoms with van der Waals surface area (Å²) in [6.45, 7) is 0.00813. The highest BCUT2D eigenvalue weighted by molar-refractivity contribution is 5.27. The predicted octanol–water partition coefficient (Wildman–Crippen LogP) is 1.10. The van der Waals surface area contributed by atoms with Crippen LogP contribution in [0.4, 0.5) is 0 Å². The maximum absolute atomic E-state index is 9.31. The molecule has 0 spiro atoms. The molecule has 0 fully saturated rings. The van der Waals surface area contributed by atoms with Gasteiger partial charge in [0.25, 0.3) is 0 Å². The quantitative estimate of drug-likeness (QED) is 0.809. The van der Waals surface area contributed by atoms with E-state index in [9.17, 15) is 5.11 Å². The first-order valence-electron chi connectivity index (χ1n) is 5.48. The van der Waals surface area contributed by atoms with Crippen LogP contribution in [0.3, 0.4) is 0 Å². The minimum atomic E-state index is 0.00813. The van der Waals surface area contributed by atoms with Gasteiger partial charge in [0.2, 0.25) is 11.8 Å². The number of aryl methyl sites for hydroxylation is 2. The fourth-order valence-electron chi connectivity index (χ4n) is 1.55. The van der Waals surface area contributed by atoms with Crippen molar-refractivity contribution in [3.8, 4) is 5.75 Å². The number of hydrogen-bond donors (Lipinski definition) is 2. The number of phenols is 1. The van der Waals surface area contributed by atoms with Crippen LogP contribution >= 0.6 is 0 Å². The summed E-state index contributed by atoms with van der Waals surface area (Å²) in [6, 6.07) is 7.08. The van der Waals surface area contributed by atoms with Gasteiger partial charge < -0.3 is 14.6 Å². The second-order valence-electron chi connectivity index (χ2n) is 3.73. The van der Waals surface area contributed by atoms with Crippen molar-refractivity contribution in [2.24, 2.45) is 0 Å². The molecule has 0 aliphatic rings. The van der Waals surface area contributed by atoms with Gasteiger partial charge in [-0.25, -0.2) is 0 Å². The Kier molecular flexibility index (Phi) is 3.72. The van der Waals surface area contributed by atoms with E-state index in [0.717, 1.165) is 12.0 Å². The van der Waals surface area contributed by atoms with Gasteiger partial charge in [0, 0.05) is 12.8 Å². The molecule has 5 heteroatoms. The zero-order valence-electron chi connectivity index (χ0n) is 9.33. The molecule has 0 aliphatic heterocycles. The lowest BCUT2D eigenvalue weighted by Gasteiger charge is -1.99. The van der Waals surface area contributed by atoms with Crippen LogP contribution < -0.4 is 0 Å². The lowest BCUT2D eigenvalue weighted by atomic mass is 10.1. The summed E-state index contributed by atoms with van der Waals surface area (Å²) in [5, 5.41) is 25.7. The van der Waals surface area contributed by atoms with Crippen LogP contribution in [0.25, 0.3) is 0 Å². The molecule has 2 rings (SSSR count). The minimum absolute atomic E-state index is 0.00813. The molecule has 0 saturated carbocycles. The van der Waals surface area contributed by atoms with Gasteiger partial charge >= 0.3 is 0 Å². The van der Waals surface area contributed by atoms with E-state index in [2.05, 4.69) is 10.2 Å². The number of hydrogen-bond acceptors (Lipinski definition) is 5. The maximum Gasteiger partial charge on any atom is 0.218 e. The summed E-state index contributed by atoms with van der Waals surface area (Å²) in [4.78, 5) is 0. The van der Waals surface area contributed by atoms with Crippen molar-refractivity contribution < 1.29 is 14.6 Å². The van der Waals surface area contributed by atoms with Crippen LogP contribution in [0.1, 0.15) is 17.3 Å². The van der Waals surface area contributed by atoms with Crippen molar-refractivity contribution in [3.63, 3.8) is 0 Å². The van der Waals surface area contributed by atoms with Gasteiger partial charge in [0.1, 0.15) is 5.75 Å². The van der Waals surface area contributed by atoms with Crippen LogP contribution in [-0.2, 0) is 19.3 Å². The van der Waals surface area contributed by atoms with Crippen LogP contribution in [0, 0.1) is 0 Å². The second-order valence-corrected chi connectivity index (χ2v) is 3.73. The van der Waals surface area contributed by atoms with Crippen LogP contribution in [0.15, 0.2) is 28.7 Å². The zero-order valence-corrected chi connectivity index (χ0v) is 9.33. The third-order valence-electron chi connectivity index (χ3n) is 2.37. The van der Waals surface area contributed by atoms with Crippen LogP contribution in [0.2, 0.25) is 0 Å². The molecule has 0 bridgehead atoms. The first-order valence-corrected chi connectivity index (χ1v) is 5.48. The molecule has 17 heavy (non-hydrogen) atoms. The van der Waals surface area contributed by atoms with E-state index in [1.807, 2.05) is 6.07 Å². The summed E-state index contributed by atoms with van der Waals surface area (Å²) in [5.41, 5.74) is 1.02. The fraction of sp³-hybridized carbons (Fsp3) is 0.333. The number of aromatic hydroxyl groups is 1. The number of aliphatic hydroxyl groups excluding tert-OH is 1. The van der Waals surface area contributed by atoms with E-state index >= 15 is 0 Å². The van der Waals surface area contributed by atoms with Gasteiger partial charge in [-0.3, -0.25) is 0 Å². The van der Waals surface area contributed by atoms with E-state index in [0.29, 0.717) is 24.6 Å². The van der Waals surface area contributed by atoms with E-state index in [1.165, 1.54) is 0 Å². The van der Waals surface area contributed by atoms with Crippen molar-refractivity contribution in [1.29, 1.82) is 0 Å². The average Bonchev–Trinajstić information content (AvgIpc) is 2.75. The summed E-state index contributed by atoms with van der Waals surface area (Å²) in [5.74, 6) is 1.27. The van der Waals surface area contributed by atoms with Gasteiger partial charge in [-0.05, 0) is 24.1 Å². The van der Waals surface area contributed by atoms with Crippen molar-refractivity contribution in [2.45, 2.75) is 19.3 Å². The molecular formula is C12H14N2O3. The minimum Gasteiger partial charge on any atom is -0.508 e. The second kappa shape index (κ2) is 5.45. The first-order chi connectivity index (χ1) is 8.28. The fourth-order valence-corrected chi connectivity index (χ4v) is 1.55. The Morgan fingerprint density at radius 2 is 1.82 bits per heavy atom. The molecule has 0 amide bonds. The molecule has 0 unspecified atom stereocenters. The number of aliphatic hydroxyl groups is 1. The Morgan fingerprint density at radius 1 is 1.06 bits per heavy atom. The van der Waals surface area contributed by atoms with E-state index in [-0.39, 0.29) is 12.4 Å². The van der Waals surface area contributed by atoms with Crippen molar-refractivity contribution in [3.05, 3.63) is 41.6 Å². The highest BCUT2D eigenvalue weighted by Gasteiger charge is 2.05. The standard InChI is InChI=1S/C12H14N2O3/c15-7-6-12-14-13-11(17-12)5-4-9-2-1-3-10(16)8-9/h1-3,8,15-16H,4-7H2. The molecule has 2 aromatic rings. The van der Waals surface area contributed by atoms with Crippen LogP contribution in [-0.4, -0.2) is 27.0 Å². The summed E-state index contributed by atoms with van der Waals surface area (Å²) in [6.07, 6.45) is 1.75. The topological polar surface area (TPSA) is 79.4 Å². The predicted molar refractivity (Wildman–Crippen MR) is 60.6 cm³/mol. The molecule has 5 nitrogen and oxygen atoms in total. The highest BCUT2D eigenvalue weighted by atomic mass is 16.4. The number of rotatable bonds is 5. The van der Waals surface area contributed by atoms with E-state index < -0.39 is 0 Å². The molecule has 0 radical (unpaired) electrons. The number of aromatic nitrogens is 2. The van der Waals surface area contributed by atoms with E-state index in [4.69, 9.17) is 9.52 Å². The molecule has 1 aromatic heterocycles. The lowest BCUT2D eigenvalue weighted by molar-refractivity contribution is 0.283.